The molecule has 1 aliphatic heterocycles. The fraction of sp³-hybridized carbons (Fsp3) is 0.500. The van der Waals surface area contributed by atoms with E-state index in [1.54, 1.807) is 0 Å². The summed E-state index contributed by atoms with van der Waals surface area (Å²) in [5, 5.41) is 9.03. The quantitative estimate of drug-likeness (QED) is 0.838. The molecule has 2 fully saturated rings. The number of carbonyl (C=O) groups is 1. The highest BCUT2D eigenvalue weighted by atomic mass is 16.5. The van der Waals surface area contributed by atoms with Crippen LogP contribution >= 0.6 is 0 Å². The van der Waals surface area contributed by atoms with E-state index in [2.05, 4.69) is 66.9 Å². The zero-order valence-electron chi connectivity index (χ0n) is 15.6. The van der Waals surface area contributed by atoms with Gasteiger partial charge in [0.1, 0.15) is 0 Å². The van der Waals surface area contributed by atoms with E-state index in [1.807, 2.05) is 0 Å². The third-order valence-electron chi connectivity index (χ3n) is 6.07. The Labute approximate surface area is 155 Å². The van der Waals surface area contributed by atoms with Crippen LogP contribution in [0.3, 0.4) is 0 Å². The van der Waals surface area contributed by atoms with Crippen LogP contribution in [-0.4, -0.2) is 30.1 Å². The topological polar surface area (TPSA) is 50.4 Å². The summed E-state index contributed by atoms with van der Waals surface area (Å²) in [5.41, 5.74) is 1.21. The van der Waals surface area contributed by atoms with Gasteiger partial charge in [0.2, 0.25) is 5.91 Å². The number of carbonyl (C=O) groups excluding carboxylic acids is 1. The molecule has 1 aliphatic carbocycles. The van der Waals surface area contributed by atoms with Gasteiger partial charge in [-0.1, -0.05) is 55.8 Å². The molecule has 2 aromatic rings. The van der Waals surface area contributed by atoms with E-state index >= 15 is 0 Å². The summed E-state index contributed by atoms with van der Waals surface area (Å²) in [5.74, 6) is 0.756. The Bertz CT molecular complexity index is 800. The molecule has 1 saturated carbocycles. The van der Waals surface area contributed by atoms with Gasteiger partial charge in [0.25, 0.3) is 0 Å². The zero-order chi connectivity index (χ0) is 18.1. The van der Waals surface area contributed by atoms with E-state index in [-0.39, 0.29) is 23.6 Å². The van der Waals surface area contributed by atoms with Crippen molar-refractivity contribution in [2.24, 2.45) is 5.92 Å². The SMILES string of the molecule is CCC1C[C@@]1(C)NC(=O)C1C[C@@H](OCc2cccc3ccccc23)CN1. The molecule has 1 saturated heterocycles. The lowest BCUT2D eigenvalue weighted by molar-refractivity contribution is -0.124. The lowest BCUT2D eigenvalue weighted by Crippen LogP contribution is -2.46. The Morgan fingerprint density at radius 3 is 2.88 bits per heavy atom. The molecule has 4 nitrogen and oxygen atoms in total. The molecule has 4 heteroatoms. The Morgan fingerprint density at radius 2 is 2.08 bits per heavy atom. The average Bonchev–Trinajstić information content (AvgIpc) is 3.07. The van der Waals surface area contributed by atoms with Gasteiger partial charge in [0.05, 0.1) is 18.8 Å². The van der Waals surface area contributed by atoms with Gasteiger partial charge in [-0.15, -0.1) is 0 Å². The van der Waals surface area contributed by atoms with E-state index in [4.69, 9.17) is 4.74 Å². The maximum absolute atomic E-state index is 12.5. The molecule has 0 bridgehead atoms. The lowest BCUT2D eigenvalue weighted by Gasteiger charge is -2.18. The number of fused-ring (bicyclic) bond motifs is 1. The fourth-order valence-corrected chi connectivity index (χ4v) is 4.23. The predicted octanol–water partition coefficient (Wildman–Crippen LogP) is 3.39. The van der Waals surface area contributed by atoms with Crippen molar-refractivity contribution in [3.63, 3.8) is 0 Å². The van der Waals surface area contributed by atoms with Crippen molar-refractivity contribution >= 4 is 16.7 Å². The van der Waals surface area contributed by atoms with Crippen LogP contribution in [0.1, 0.15) is 38.7 Å². The molecule has 2 unspecified atom stereocenters. The van der Waals surface area contributed by atoms with Gasteiger partial charge in [-0.3, -0.25) is 4.79 Å². The lowest BCUT2D eigenvalue weighted by atomic mass is 10.1. The first-order valence-corrected chi connectivity index (χ1v) is 9.72. The number of benzene rings is 2. The molecule has 26 heavy (non-hydrogen) atoms. The Balaban J connectivity index is 1.31. The van der Waals surface area contributed by atoms with Gasteiger partial charge in [0, 0.05) is 12.1 Å². The second-order valence-electron chi connectivity index (χ2n) is 7.98. The van der Waals surface area contributed by atoms with Crippen LogP contribution in [0.25, 0.3) is 10.8 Å². The molecule has 2 N–H and O–H groups in total. The Hall–Kier alpha value is -1.91. The van der Waals surface area contributed by atoms with E-state index in [0.717, 1.165) is 25.8 Å². The maximum atomic E-state index is 12.5. The largest absolute Gasteiger partial charge is 0.372 e. The first kappa shape index (κ1) is 17.5. The van der Waals surface area contributed by atoms with Gasteiger partial charge >= 0.3 is 0 Å². The second kappa shape index (κ2) is 7.01. The molecule has 0 radical (unpaired) electrons. The first-order chi connectivity index (χ1) is 12.6. The minimum Gasteiger partial charge on any atom is -0.372 e. The number of nitrogens with one attached hydrogen (secondary N) is 2. The molecule has 2 aromatic carbocycles. The summed E-state index contributed by atoms with van der Waals surface area (Å²) in [7, 11) is 0. The molecule has 2 aliphatic rings. The van der Waals surface area contributed by atoms with Crippen LogP contribution < -0.4 is 10.6 Å². The monoisotopic (exact) mass is 352 g/mol. The van der Waals surface area contributed by atoms with Gasteiger partial charge < -0.3 is 15.4 Å². The van der Waals surface area contributed by atoms with Crippen LogP contribution in [0.5, 0.6) is 0 Å². The Kier molecular flexibility index (Phi) is 4.72. The van der Waals surface area contributed by atoms with Crippen LogP contribution in [0.2, 0.25) is 0 Å². The minimum atomic E-state index is -0.137. The first-order valence-electron chi connectivity index (χ1n) is 9.72. The third kappa shape index (κ3) is 3.49. The van der Waals surface area contributed by atoms with Crippen molar-refractivity contribution in [3.8, 4) is 0 Å². The molecular formula is C22H28N2O2. The van der Waals surface area contributed by atoms with Gasteiger partial charge in [0.15, 0.2) is 0 Å². The molecule has 4 atom stereocenters. The Morgan fingerprint density at radius 1 is 1.27 bits per heavy atom. The molecule has 1 amide bonds. The molecular weight excluding hydrogens is 324 g/mol. The smallest absolute Gasteiger partial charge is 0.237 e. The van der Waals surface area contributed by atoms with Crippen LogP contribution in [0.4, 0.5) is 0 Å². The normalized spacial score (nSPS) is 30.5. The van der Waals surface area contributed by atoms with Crippen LogP contribution in [0, 0.1) is 5.92 Å². The summed E-state index contributed by atoms with van der Waals surface area (Å²) < 4.78 is 6.12. The standard InChI is InChI=1S/C22H28N2O2/c1-3-17-12-22(17,2)24-21(25)20-11-18(13-23-20)26-14-16-9-6-8-15-7-4-5-10-19(15)16/h4-10,17-18,20,23H,3,11-14H2,1-2H3,(H,24,25)/t17?,18-,20?,22-/m1/s1. The predicted molar refractivity (Wildman–Crippen MR) is 104 cm³/mol. The highest BCUT2D eigenvalue weighted by Crippen LogP contribution is 2.45. The summed E-state index contributed by atoms with van der Waals surface area (Å²) in [6.07, 6.45) is 3.05. The molecule has 138 valence electrons. The van der Waals surface area contributed by atoms with Crippen LogP contribution in [0.15, 0.2) is 42.5 Å². The van der Waals surface area contributed by atoms with E-state index in [0.29, 0.717) is 12.5 Å². The summed E-state index contributed by atoms with van der Waals surface area (Å²) >= 11 is 0. The highest BCUT2D eigenvalue weighted by molar-refractivity contribution is 5.85. The third-order valence-corrected chi connectivity index (χ3v) is 6.07. The highest BCUT2D eigenvalue weighted by Gasteiger charge is 2.50. The number of rotatable bonds is 6. The van der Waals surface area contributed by atoms with E-state index in [9.17, 15) is 4.79 Å². The molecule has 0 spiro atoms. The van der Waals surface area contributed by atoms with Crippen molar-refractivity contribution in [2.75, 3.05) is 6.54 Å². The average molecular weight is 352 g/mol. The summed E-state index contributed by atoms with van der Waals surface area (Å²) in [6, 6.07) is 14.6. The number of hydrogen-bond donors (Lipinski definition) is 2. The van der Waals surface area contributed by atoms with Crippen LogP contribution in [-0.2, 0) is 16.1 Å². The number of ether oxygens (including phenoxy) is 1. The van der Waals surface area contributed by atoms with Crippen molar-refractivity contribution in [3.05, 3.63) is 48.0 Å². The zero-order valence-corrected chi connectivity index (χ0v) is 15.6. The van der Waals surface area contributed by atoms with Gasteiger partial charge in [-0.2, -0.15) is 0 Å². The number of amides is 1. The van der Waals surface area contributed by atoms with E-state index in [1.165, 1.54) is 16.3 Å². The summed E-state index contributed by atoms with van der Waals surface area (Å²) in [4.78, 5) is 12.5. The molecule has 4 rings (SSSR count). The van der Waals surface area contributed by atoms with Gasteiger partial charge in [-0.25, -0.2) is 0 Å². The molecule has 0 aromatic heterocycles. The van der Waals surface area contributed by atoms with Crippen molar-refractivity contribution in [1.29, 1.82) is 0 Å². The van der Waals surface area contributed by atoms with Crippen molar-refractivity contribution in [2.45, 2.75) is 57.4 Å². The molecule has 1 heterocycles. The van der Waals surface area contributed by atoms with Gasteiger partial charge in [-0.05, 0) is 42.0 Å². The fourth-order valence-electron chi connectivity index (χ4n) is 4.23. The van der Waals surface area contributed by atoms with Crippen molar-refractivity contribution in [1.82, 2.24) is 10.6 Å². The summed E-state index contributed by atoms with van der Waals surface area (Å²) in [6.45, 7) is 5.66. The maximum Gasteiger partial charge on any atom is 0.237 e. The second-order valence-corrected chi connectivity index (χ2v) is 7.98. The minimum absolute atomic E-state index is 0.00934. The van der Waals surface area contributed by atoms with Crippen molar-refractivity contribution < 1.29 is 9.53 Å². The number of hydrogen-bond acceptors (Lipinski definition) is 3. The van der Waals surface area contributed by atoms with E-state index < -0.39 is 0 Å².